The Hall–Kier alpha value is -1.50. The van der Waals surface area contributed by atoms with Gasteiger partial charge in [0, 0.05) is 9.26 Å². The van der Waals surface area contributed by atoms with Gasteiger partial charge < -0.3 is 16.8 Å². The molecule has 2 rings (SSSR count). The summed E-state index contributed by atoms with van der Waals surface area (Å²) in [4.78, 5) is 4.18. The van der Waals surface area contributed by atoms with Crippen LogP contribution in [0, 0.1) is 10.5 Å². The molecule has 17 heavy (non-hydrogen) atoms. The van der Waals surface area contributed by atoms with E-state index in [2.05, 4.69) is 45.9 Å². The lowest BCUT2D eigenvalue weighted by atomic mass is 10.2. The first-order chi connectivity index (χ1) is 8.08. The van der Waals surface area contributed by atoms with Crippen LogP contribution in [0.25, 0.3) is 0 Å². The highest BCUT2D eigenvalue weighted by Gasteiger charge is 2.04. The lowest BCUT2D eigenvalue weighted by molar-refractivity contribution is 1.30. The minimum absolute atomic E-state index is 0.346. The van der Waals surface area contributed by atoms with E-state index in [1.54, 1.807) is 6.07 Å². The summed E-state index contributed by atoms with van der Waals surface area (Å²) in [6.07, 6.45) is 0. The highest BCUT2D eigenvalue weighted by molar-refractivity contribution is 14.1. The summed E-state index contributed by atoms with van der Waals surface area (Å²) in [5.74, 6) is 1.04. The van der Waals surface area contributed by atoms with Gasteiger partial charge in [-0.1, -0.05) is 6.07 Å². The Labute approximate surface area is 114 Å². The molecule has 0 fully saturated rings. The SMILES string of the molecule is Cc1c(I)cccc1Nc1ccc(N)c(N)n1. The Kier molecular flexibility index (Phi) is 3.37. The molecule has 0 atom stereocenters. The van der Waals surface area contributed by atoms with Crippen LogP contribution in [0.4, 0.5) is 23.0 Å². The van der Waals surface area contributed by atoms with E-state index in [0.29, 0.717) is 17.3 Å². The van der Waals surface area contributed by atoms with E-state index in [0.717, 1.165) is 5.69 Å². The fourth-order valence-electron chi connectivity index (χ4n) is 1.44. The Balaban J connectivity index is 2.31. The van der Waals surface area contributed by atoms with Gasteiger partial charge in [0.05, 0.1) is 5.69 Å². The fourth-order valence-corrected chi connectivity index (χ4v) is 1.93. The summed E-state index contributed by atoms with van der Waals surface area (Å²) >= 11 is 2.30. The second kappa shape index (κ2) is 4.79. The van der Waals surface area contributed by atoms with Crippen molar-refractivity contribution in [3.63, 3.8) is 0 Å². The minimum Gasteiger partial charge on any atom is -0.396 e. The fraction of sp³-hybridized carbons (Fsp3) is 0.0833. The van der Waals surface area contributed by atoms with Crippen molar-refractivity contribution >= 4 is 45.6 Å². The number of nitrogens with zero attached hydrogens (tertiary/aromatic N) is 1. The van der Waals surface area contributed by atoms with Gasteiger partial charge in [0.15, 0.2) is 0 Å². The monoisotopic (exact) mass is 340 g/mol. The predicted molar refractivity (Wildman–Crippen MR) is 80.2 cm³/mol. The number of benzene rings is 1. The lowest BCUT2D eigenvalue weighted by Crippen LogP contribution is -2.02. The molecule has 0 unspecified atom stereocenters. The molecule has 0 saturated heterocycles. The lowest BCUT2D eigenvalue weighted by Gasteiger charge is -2.11. The number of nitrogen functional groups attached to an aromatic ring is 2. The Morgan fingerprint density at radius 1 is 1.18 bits per heavy atom. The van der Waals surface area contributed by atoms with Crippen molar-refractivity contribution in [2.24, 2.45) is 0 Å². The highest BCUT2D eigenvalue weighted by Crippen LogP contribution is 2.24. The van der Waals surface area contributed by atoms with Crippen molar-refractivity contribution in [2.75, 3.05) is 16.8 Å². The second-order valence-electron chi connectivity index (χ2n) is 3.71. The van der Waals surface area contributed by atoms with Gasteiger partial charge in [-0.15, -0.1) is 0 Å². The molecular formula is C12H13IN4. The molecule has 0 amide bonds. The van der Waals surface area contributed by atoms with E-state index in [1.165, 1.54) is 9.13 Å². The summed E-state index contributed by atoms with van der Waals surface area (Å²) in [6, 6.07) is 9.62. The number of hydrogen-bond donors (Lipinski definition) is 3. The van der Waals surface area contributed by atoms with Crippen LogP contribution < -0.4 is 16.8 Å². The first-order valence-electron chi connectivity index (χ1n) is 5.12. The molecule has 0 aliphatic rings. The normalized spacial score (nSPS) is 10.2. The third-order valence-corrected chi connectivity index (χ3v) is 3.66. The van der Waals surface area contributed by atoms with Crippen LogP contribution in [0.5, 0.6) is 0 Å². The van der Waals surface area contributed by atoms with Crippen LogP contribution in [-0.4, -0.2) is 4.98 Å². The molecule has 1 aromatic heterocycles. The van der Waals surface area contributed by atoms with Gasteiger partial charge in [-0.25, -0.2) is 4.98 Å². The van der Waals surface area contributed by atoms with Gasteiger partial charge in [-0.2, -0.15) is 0 Å². The molecule has 2 aromatic rings. The van der Waals surface area contributed by atoms with Gasteiger partial charge in [0.25, 0.3) is 0 Å². The molecule has 5 N–H and O–H groups in total. The zero-order valence-corrected chi connectivity index (χ0v) is 11.5. The van der Waals surface area contributed by atoms with Crippen LogP contribution in [0.3, 0.4) is 0 Å². The first-order valence-corrected chi connectivity index (χ1v) is 6.20. The molecule has 0 spiro atoms. The molecule has 1 aromatic carbocycles. The van der Waals surface area contributed by atoms with Crippen LogP contribution in [0.2, 0.25) is 0 Å². The van der Waals surface area contributed by atoms with E-state index < -0.39 is 0 Å². The third-order valence-electron chi connectivity index (χ3n) is 2.49. The summed E-state index contributed by atoms with van der Waals surface area (Å²) in [6.45, 7) is 2.06. The van der Waals surface area contributed by atoms with E-state index in [1.807, 2.05) is 18.2 Å². The topological polar surface area (TPSA) is 77.0 Å². The van der Waals surface area contributed by atoms with Gasteiger partial charge in [-0.3, -0.25) is 0 Å². The number of rotatable bonds is 2. The molecule has 0 aliphatic heterocycles. The summed E-state index contributed by atoms with van der Waals surface area (Å²) in [5.41, 5.74) is 14.0. The summed E-state index contributed by atoms with van der Waals surface area (Å²) in [7, 11) is 0. The zero-order valence-electron chi connectivity index (χ0n) is 9.37. The number of pyridine rings is 1. The van der Waals surface area contributed by atoms with Crippen LogP contribution in [0.1, 0.15) is 5.56 Å². The maximum Gasteiger partial charge on any atom is 0.149 e. The number of hydrogen-bond acceptors (Lipinski definition) is 4. The molecule has 0 bridgehead atoms. The number of nitrogens with two attached hydrogens (primary N) is 2. The van der Waals surface area contributed by atoms with Gasteiger partial charge >= 0.3 is 0 Å². The van der Waals surface area contributed by atoms with Crippen LogP contribution in [-0.2, 0) is 0 Å². The van der Waals surface area contributed by atoms with Gasteiger partial charge in [0.1, 0.15) is 11.6 Å². The number of aromatic nitrogens is 1. The average Bonchev–Trinajstić information content (AvgIpc) is 2.30. The third kappa shape index (κ3) is 2.60. The van der Waals surface area contributed by atoms with Crippen LogP contribution in [0.15, 0.2) is 30.3 Å². The van der Waals surface area contributed by atoms with Crippen molar-refractivity contribution in [3.05, 3.63) is 39.5 Å². The zero-order chi connectivity index (χ0) is 12.4. The van der Waals surface area contributed by atoms with Gasteiger partial charge in [0.2, 0.25) is 0 Å². The number of halogens is 1. The van der Waals surface area contributed by atoms with E-state index >= 15 is 0 Å². The summed E-state index contributed by atoms with van der Waals surface area (Å²) in [5, 5.41) is 3.23. The van der Waals surface area contributed by atoms with Crippen molar-refractivity contribution in [1.82, 2.24) is 4.98 Å². The van der Waals surface area contributed by atoms with E-state index in [4.69, 9.17) is 11.5 Å². The molecule has 5 heteroatoms. The summed E-state index contributed by atoms with van der Waals surface area (Å²) < 4.78 is 1.20. The first kappa shape index (κ1) is 12.0. The van der Waals surface area contributed by atoms with Gasteiger partial charge in [-0.05, 0) is 59.3 Å². The van der Waals surface area contributed by atoms with E-state index in [-0.39, 0.29) is 0 Å². The smallest absolute Gasteiger partial charge is 0.149 e. The molecule has 0 radical (unpaired) electrons. The quantitative estimate of drug-likeness (QED) is 0.735. The second-order valence-corrected chi connectivity index (χ2v) is 4.87. The van der Waals surface area contributed by atoms with Crippen molar-refractivity contribution < 1.29 is 0 Å². The highest BCUT2D eigenvalue weighted by atomic mass is 127. The van der Waals surface area contributed by atoms with E-state index in [9.17, 15) is 0 Å². The Morgan fingerprint density at radius 3 is 2.65 bits per heavy atom. The maximum atomic E-state index is 5.66. The number of anilines is 4. The predicted octanol–water partition coefficient (Wildman–Crippen LogP) is 2.90. The van der Waals surface area contributed by atoms with Crippen molar-refractivity contribution in [3.8, 4) is 0 Å². The number of nitrogens with one attached hydrogen (secondary N) is 1. The molecule has 4 nitrogen and oxygen atoms in total. The van der Waals surface area contributed by atoms with Crippen molar-refractivity contribution in [2.45, 2.75) is 6.92 Å². The average molecular weight is 340 g/mol. The standard InChI is InChI=1S/C12H13IN4/c1-7-8(13)3-2-4-10(7)16-11-6-5-9(14)12(15)17-11/h2-6H,14H2,1H3,(H3,15,16,17). The van der Waals surface area contributed by atoms with Crippen LogP contribution >= 0.6 is 22.6 Å². The van der Waals surface area contributed by atoms with Crippen molar-refractivity contribution in [1.29, 1.82) is 0 Å². The Morgan fingerprint density at radius 2 is 1.94 bits per heavy atom. The Bertz CT molecular complexity index is 554. The largest absolute Gasteiger partial charge is 0.396 e. The molecular weight excluding hydrogens is 327 g/mol. The molecule has 0 aliphatic carbocycles. The molecule has 0 saturated carbocycles. The molecule has 1 heterocycles. The molecule has 88 valence electrons. The minimum atomic E-state index is 0.346. The maximum absolute atomic E-state index is 5.66.